The number of carbonyl (C=O) groups excluding carboxylic acids is 1. The second-order valence-electron chi connectivity index (χ2n) is 8.89. The molecule has 0 spiro atoms. The molecule has 1 fully saturated rings. The number of amides is 1. The average molecular weight is 447 g/mol. The standard InChI is InChI=1S/C28H31ClN2O/c1-31(19-18-21-10-8-9-15-26(21)29)25-17-16-24(20-25)28(27(30)32,22-11-4-2-5-12-22)23-13-6-3-7-14-23/h2-15,24-25H,16-20H2,1H3,(H2,30,32). The maximum Gasteiger partial charge on any atom is 0.232 e. The van der Waals surface area contributed by atoms with E-state index in [9.17, 15) is 4.79 Å². The number of carbonyl (C=O) groups is 1. The summed E-state index contributed by atoms with van der Waals surface area (Å²) in [5, 5.41) is 0.825. The zero-order chi connectivity index (χ0) is 22.6. The number of primary amides is 1. The molecule has 1 amide bonds. The normalized spacial score (nSPS) is 18.7. The van der Waals surface area contributed by atoms with Crippen LogP contribution >= 0.6 is 11.6 Å². The first-order valence-electron chi connectivity index (χ1n) is 11.4. The number of hydrogen-bond acceptors (Lipinski definition) is 2. The van der Waals surface area contributed by atoms with Crippen molar-refractivity contribution in [3.8, 4) is 0 Å². The third kappa shape index (κ3) is 4.32. The lowest BCUT2D eigenvalue weighted by Gasteiger charge is -2.38. The van der Waals surface area contributed by atoms with Crippen LogP contribution in [0.5, 0.6) is 0 Å². The van der Waals surface area contributed by atoms with Gasteiger partial charge in [0.15, 0.2) is 0 Å². The molecule has 0 aromatic heterocycles. The Labute approximate surface area is 196 Å². The average Bonchev–Trinajstić information content (AvgIpc) is 3.31. The van der Waals surface area contributed by atoms with Crippen molar-refractivity contribution in [2.24, 2.45) is 11.7 Å². The molecular weight excluding hydrogens is 416 g/mol. The molecule has 0 saturated heterocycles. The molecule has 2 N–H and O–H groups in total. The summed E-state index contributed by atoms with van der Waals surface area (Å²) in [5.74, 6) is -0.114. The minimum atomic E-state index is -0.819. The van der Waals surface area contributed by atoms with Crippen LogP contribution in [0.25, 0.3) is 0 Å². The molecule has 32 heavy (non-hydrogen) atoms. The van der Waals surface area contributed by atoms with E-state index in [1.165, 1.54) is 5.56 Å². The first-order chi connectivity index (χ1) is 15.5. The molecule has 3 aromatic carbocycles. The summed E-state index contributed by atoms with van der Waals surface area (Å²) in [5.41, 5.74) is 8.56. The van der Waals surface area contributed by atoms with Crippen molar-refractivity contribution in [2.75, 3.05) is 13.6 Å². The van der Waals surface area contributed by atoms with Gasteiger partial charge in [0.05, 0.1) is 0 Å². The fraction of sp³-hybridized carbons (Fsp3) is 0.321. The van der Waals surface area contributed by atoms with Crippen molar-refractivity contribution < 1.29 is 4.79 Å². The first-order valence-corrected chi connectivity index (χ1v) is 11.8. The SMILES string of the molecule is CN(CCc1ccccc1Cl)C1CCC(C(C(N)=O)(c2ccccc2)c2ccccc2)C1. The monoisotopic (exact) mass is 446 g/mol. The Hall–Kier alpha value is -2.62. The summed E-state index contributed by atoms with van der Waals surface area (Å²) in [6, 6.07) is 28.6. The molecular formula is C28H31ClN2O. The second kappa shape index (κ2) is 9.89. The smallest absolute Gasteiger partial charge is 0.232 e. The lowest BCUT2D eigenvalue weighted by Crippen LogP contribution is -2.48. The molecule has 0 aliphatic heterocycles. The Morgan fingerprint density at radius 3 is 2.06 bits per heavy atom. The first kappa shape index (κ1) is 22.6. The number of halogens is 1. The number of nitrogens with zero attached hydrogens (tertiary/aromatic N) is 1. The summed E-state index contributed by atoms with van der Waals surface area (Å²) >= 11 is 6.35. The second-order valence-corrected chi connectivity index (χ2v) is 9.30. The van der Waals surface area contributed by atoms with Crippen molar-refractivity contribution in [1.82, 2.24) is 4.90 Å². The van der Waals surface area contributed by atoms with Gasteiger partial charge in [0.2, 0.25) is 5.91 Å². The summed E-state index contributed by atoms with van der Waals surface area (Å²) in [7, 11) is 2.18. The lowest BCUT2D eigenvalue weighted by molar-refractivity contribution is -0.123. The van der Waals surface area contributed by atoms with Crippen LogP contribution in [-0.2, 0) is 16.6 Å². The van der Waals surface area contributed by atoms with Crippen LogP contribution in [0.4, 0.5) is 0 Å². The van der Waals surface area contributed by atoms with Crippen molar-refractivity contribution >= 4 is 17.5 Å². The van der Waals surface area contributed by atoms with Crippen LogP contribution in [0.2, 0.25) is 5.02 Å². The van der Waals surface area contributed by atoms with E-state index in [-0.39, 0.29) is 11.8 Å². The Balaban J connectivity index is 1.59. The number of hydrogen-bond donors (Lipinski definition) is 1. The maximum atomic E-state index is 13.2. The highest BCUT2D eigenvalue weighted by Gasteiger charge is 2.50. The van der Waals surface area contributed by atoms with E-state index < -0.39 is 5.41 Å². The maximum absolute atomic E-state index is 13.2. The van der Waals surface area contributed by atoms with Gasteiger partial charge < -0.3 is 10.6 Å². The van der Waals surface area contributed by atoms with Crippen molar-refractivity contribution in [3.63, 3.8) is 0 Å². The molecule has 4 heteroatoms. The fourth-order valence-corrected chi connectivity index (χ4v) is 5.69. The van der Waals surface area contributed by atoms with E-state index >= 15 is 0 Å². The van der Waals surface area contributed by atoms with Crippen LogP contribution < -0.4 is 5.73 Å². The van der Waals surface area contributed by atoms with E-state index in [0.29, 0.717) is 6.04 Å². The molecule has 2 unspecified atom stereocenters. The van der Waals surface area contributed by atoms with Crippen LogP contribution in [0.15, 0.2) is 84.9 Å². The van der Waals surface area contributed by atoms with Gasteiger partial charge in [-0.05, 0) is 61.4 Å². The quantitative estimate of drug-likeness (QED) is 0.499. The third-order valence-corrected chi connectivity index (χ3v) is 7.55. The number of nitrogens with two attached hydrogens (primary N) is 1. The van der Waals surface area contributed by atoms with E-state index in [4.69, 9.17) is 17.3 Å². The van der Waals surface area contributed by atoms with Crippen molar-refractivity contribution in [2.45, 2.75) is 37.1 Å². The van der Waals surface area contributed by atoms with Gasteiger partial charge in [0, 0.05) is 17.6 Å². The van der Waals surface area contributed by atoms with E-state index in [2.05, 4.69) is 18.0 Å². The highest BCUT2D eigenvalue weighted by atomic mass is 35.5. The molecule has 1 aliphatic carbocycles. The van der Waals surface area contributed by atoms with Gasteiger partial charge >= 0.3 is 0 Å². The molecule has 3 nitrogen and oxygen atoms in total. The van der Waals surface area contributed by atoms with E-state index in [1.54, 1.807) is 0 Å². The van der Waals surface area contributed by atoms with Gasteiger partial charge in [-0.2, -0.15) is 0 Å². The predicted octanol–water partition coefficient (Wildman–Crippen LogP) is 5.45. The summed E-state index contributed by atoms with van der Waals surface area (Å²) in [6.45, 7) is 0.932. The van der Waals surface area contributed by atoms with Gasteiger partial charge in [-0.25, -0.2) is 0 Å². The van der Waals surface area contributed by atoms with Crippen LogP contribution in [0.3, 0.4) is 0 Å². The minimum absolute atomic E-state index is 0.151. The predicted molar refractivity (Wildman–Crippen MR) is 132 cm³/mol. The highest BCUT2D eigenvalue weighted by molar-refractivity contribution is 6.31. The molecule has 166 valence electrons. The Morgan fingerprint density at radius 1 is 0.938 bits per heavy atom. The van der Waals surface area contributed by atoms with Gasteiger partial charge in [-0.3, -0.25) is 4.79 Å². The molecule has 0 heterocycles. The molecule has 0 bridgehead atoms. The van der Waals surface area contributed by atoms with Crippen LogP contribution in [-0.4, -0.2) is 30.4 Å². The lowest BCUT2D eigenvalue weighted by atomic mass is 9.64. The van der Waals surface area contributed by atoms with Gasteiger partial charge in [-0.1, -0.05) is 90.5 Å². The Kier molecular flexibility index (Phi) is 6.98. The largest absolute Gasteiger partial charge is 0.369 e. The summed E-state index contributed by atoms with van der Waals surface area (Å²) in [6.07, 6.45) is 3.87. The number of rotatable bonds is 8. The topological polar surface area (TPSA) is 46.3 Å². The molecule has 2 atom stereocenters. The van der Waals surface area contributed by atoms with Crippen LogP contribution in [0, 0.1) is 5.92 Å². The minimum Gasteiger partial charge on any atom is -0.369 e. The zero-order valence-corrected chi connectivity index (χ0v) is 19.3. The summed E-state index contributed by atoms with van der Waals surface area (Å²) < 4.78 is 0. The Morgan fingerprint density at radius 2 is 1.50 bits per heavy atom. The molecule has 3 aromatic rings. The van der Waals surface area contributed by atoms with E-state index in [1.807, 2.05) is 78.9 Å². The van der Waals surface area contributed by atoms with Gasteiger partial charge in [0.25, 0.3) is 0 Å². The van der Waals surface area contributed by atoms with Gasteiger partial charge in [0.1, 0.15) is 5.41 Å². The van der Waals surface area contributed by atoms with Crippen molar-refractivity contribution in [3.05, 3.63) is 107 Å². The van der Waals surface area contributed by atoms with E-state index in [0.717, 1.165) is 48.4 Å². The molecule has 4 rings (SSSR count). The van der Waals surface area contributed by atoms with Gasteiger partial charge in [-0.15, -0.1) is 0 Å². The molecule has 1 aliphatic rings. The Bertz CT molecular complexity index is 998. The molecule has 0 radical (unpaired) electrons. The fourth-order valence-electron chi connectivity index (χ4n) is 5.46. The number of benzene rings is 3. The highest BCUT2D eigenvalue weighted by Crippen LogP contribution is 2.47. The zero-order valence-electron chi connectivity index (χ0n) is 18.6. The molecule has 1 saturated carbocycles. The van der Waals surface area contributed by atoms with Crippen molar-refractivity contribution in [1.29, 1.82) is 0 Å². The number of likely N-dealkylation sites (N-methyl/N-ethyl adjacent to an activating group) is 1. The third-order valence-electron chi connectivity index (χ3n) is 7.18. The van der Waals surface area contributed by atoms with Crippen LogP contribution in [0.1, 0.15) is 36.0 Å². The summed E-state index contributed by atoms with van der Waals surface area (Å²) in [4.78, 5) is 15.6.